The topological polar surface area (TPSA) is 66.4 Å². The molecule has 21 heavy (non-hydrogen) atoms. The van der Waals surface area contributed by atoms with E-state index in [9.17, 15) is 14.7 Å². The van der Waals surface area contributed by atoms with E-state index in [4.69, 9.17) is 11.6 Å². The fourth-order valence-corrected chi connectivity index (χ4v) is 2.78. The summed E-state index contributed by atoms with van der Waals surface area (Å²) < 4.78 is 0.539. The van der Waals surface area contributed by atoms with Crippen molar-refractivity contribution in [3.05, 3.63) is 62.6 Å². The highest BCUT2D eigenvalue weighted by atomic mass is 79.9. The molecule has 0 radical (unpaired) electrons. The average Bonchev–Trinajstić information content (AvgIpc) is 2.37. The molecule has 6 heteroatoms. The quantitative estimate of drug-likeness (QED) is 0.846. The van der Waals surface area contributed by atoms with Gasteiger partial charge in [0.05, 0.1) is 16.8 Å². The number of aromatic carboxylic acids is 1. The minimum atomic E-state index is -1.08. The Morgan fingerprint density at radius 1 is 1.24 bits per heavy atom. The molecule has 0 bridgehead atoms. The van der Waals surface area contributed by atoms with Crippen molar-refractivity contribution in [1.29, 1.82) is 0 Å². The van der Waals surface area contributed by atoms with Crippen LogP contribution in [0.1, 0.15) is 26.3 Å². The van der Waals surface area contributed by atoms with Crippen molar-refractivity contribution < 1.29 is 14.7 Å². The monoisotopic (exact) mass is 367 g/mol. The molecule has 0 aliphatic heterocycles. The number of benzene rings is 2. The van der Waals surface area contributed by atoms with Gasteiger partial charge in [-0.25, -0.2) is 4.79 Å². The first-order valence-electron chi connectivity index (χ1n) is 5.99. The predicted octanol–water partition coefficient (Wildman–Crippen LogP) is 4.36. The number of carboxylic acids is 1. The molecule has 4 nitrogen and oxygen atoms in total. The molecule has 2 aromatic carbocycles. The summed E-state index contributed by atoms with van der Waals surface area (Å²) in [5, 5.41) is 12.4. The Bertz CT molecular complexity index is 731. The summed E-state index contributed by atoms with van der Waals surface area (Å²) in [7, 11) is 0. The lowest BCUT2D eigenvalue weighted by atomic mass is 10.1. The number of hydrogen-bond acceptors (Lipinski definition) is 2. The maximum absolute atomic E-state index is 12.3. The largest absolute Gasteiger partial charge is 0.478 e. The van der Waals surface area contributed by atoms with Gasteiger partial charge in [0.1, 0.15) is 0 Å². The van der Waals surface area contributed by atoms with Gasteiger partial charge in [-0.2, -0.15) is 0 Å². The Balaban J connectivity index is 2.36. The van der Waals surface area contributed by atoms with Crippen LogP contribution in [-0.4, -0.2) is 17.0 Å². The van der Waals surface area contributed by atoms with E-state index in [1.165, 1.54) is 0 Å². The molecular weight excluding hydrogens is 358 g/mol. The third-order valence-corrected chi connectivity index (χ3v) is 3.80. The third-order valence-electron chi connectivity index (χ3n) is 2.91. The van der Waals surface area contributed by atoms with Crippen LogP contribution in [0.15, 0.2) is 40.9 Å². The first kappa shape index (κ1) is 15.5. The van der Waals surface area contributed by atoms with Gasteiger partial charge in [0, 0.05) is 9.50 Å². The molecule has 108 valence electrons. The van der Waals surface area contributed by atoms with E-state index in [2.05, 4.69) is 21.2 Å². The second-order valence-corrected chi connectivity index (χ2v) is 5.67. The summed E-state index contributed by atoms with van der Waals surface area (Å²) >= 11 is 9.09. The molecule has 0 unspecified atom stereocenters. The zero-order valence-electron chi connectivity index (χ0n) is 11.0. The number of carbonyl (C=O) groups excluding carboxylic acids is 1. The molecule has 0 aromatic heterocycles. The van der Waals surface area contributed by atoms with Crippen molar-refractivity contribution in [1.82, 2.24) is 0 Å². The summed E-state index contributed by atoms with van der Waals surface area (Å²) in [6, 6.07) is 9.68. The van der Waals surface area contributed by atoms with Gasteiger partial charge in [0.25, 0.3) is 5.91 Å². The van der Waals surface area contributed by atoms with E-state index < -0.39 is 11.9 Å². The number of amides is 1. The minimum Gasteiger partial charge on any atom is -0.478 e. The highest BCUT2D eigenvalue weighted by Gasteiger charge is 2.17. The number of halogens is 2. The number of anilines is 1. The van der Waals surface area contributed by atoms with E-state index in [0.29, 0.717) is 20.6 Å². The average molecular weight is 369 g/mol. The highest BCUT2D eigenvalue weighted by Crippen LogP contribution is 2.24. The minimum absolute atomic E-state index is 0.0796. The molecule has 0 saturated carbocycles. The standard InChI is InChI=1S/C15H11BrClNO3/c1-8-3-2-4-12(13(8)15(20)21)18-14(19)10-6-5-9(17)7-11(10)16/h2-7H,1H3,(H,18,19)(H,20,21). The Morgan fingerprint density at radius 3 is 2.57 bits per heavy atom. The Morgan fingerprint density at radius 2 is 1.95 bits per heavy atom. The van der Waals surface area contributed by atoms with Gasteiger partial charge in [-0.05, 0) is 52.7 Å². The summed E-state index contributed by atoms with van der Waals surface area (Å²) in [6.45, 7) is 1.68. The molecule has 2 N–H and O–H groups in total. The van der Waals surface area contributed by atoms with E-state index in [0.717, 1.165) is 0 Å². The van der Waals surface area contributed by atoms with Gasteiger partial charge in [0.15, 0.2) is 0 Å². The lowest BCUT2D eigenvalue weighted by molar-refractivity contribution is 0.0697. The smallest absolute Gasteiger partial charge is 0.338 e. The zero-order valence-corrected chi connectivity index (χ0v) is 13.3. The normalized spacial score (nSPS) is 10.2. The molecule has 2 rings (SSSR count). The summed E-state index contributed by atoms with van der Waals surface area (Å²) in [5.74, 6) is -1.50. The van der Waals surface area contributed by atoms with Crippen LogP contribution in [0.3, 0.4) is 0 Å². The predicted molar refractivity (Wildman–Crippen MR) is 85.2 cm³/mol. The van der Waals surface area contributed by atoms with Crippen molar-refractivity contribution in [2.24, 2.45) is 0 Å². The fourth-order valence-electron chi connectivity index (χ4n) is 1.92. The number of carboxylic acid groups (broad SMARTS) is 1. The number of nitrogens with one attached hydrogen (secondary N) is 1. The lowest BCUT2D eigenvalue weighted by Crippen LogP contribution is -2.16. The van der Waals surface area contributed by atoms with E-state index in [1.54, 1.807) is 43.3 Å². The van der Waals surface area contributed by atoms with Crippen molar-refractivity contribution in [2.75, 3.05) is 5.32 Å². The number of hydrogen-bond donors (Lipinski definition) is 2. The van der Waals surface area contributed by atoms with E-state index in [-0.39, 0.29) is 11.3 Å². The lowest BCUT2D eigenvalue weighted by Gasteiger charge is -2.11. The third kappa shape index (κ3) is 3.43. The summed E-state index contributed by atoms with van der Waals surface area (Å²) in [6.07, 6.45) is 0. The van der Waals surface area contributed by atoms with Gasteiger partial charge in [-0.15, -0.1) is 0 Å². The first-order chi connectivity index (χ1) is 9.90. The van der Waals surface area contributed by atoms with Gasteiger partial charge < -0.3 is 10.4 Å². The number of rotatable bonds is 3. The molecule has 0 atom stereocenters. The molecule has 0 saturated heterocycles. The van der Waals surface area contributed by atoms with Crippen LogP contribution in [0.4, 0.5) is 5.69 Å². The maximum atomic E-state index is 12.3. The molecular formula is C15H11BrClNO3. The second-order valence-electron chi connectivity index (χ2n) is 4.38. The van der Waals surface area contributed by atoms with Crippen LogP contribution < -0.4 is 5.32 Å². The molecule has 0 aliphatic rings. The van der Waals surface area contributed by atoms with Crippen LogP contribution in [0, 0.1) is 6.92 Å². The Kier molecular flexibility index (Phi) is 4.65. The zero-order chi connectivity index (χ0) is 15.6. The second kappa shape index (κ2) is 6.28. The molecule has 0 fully saturated rings. The van der Waals surface area contributed by atoms with Gasteiger partial charge in [0.2, 0.25) is 0 Å². The van der Waals surface area contributed by atoms with Crippen LogP contribution in [-0.2, 0) is 0 Å². The van der Waals surface area contributed by atoms with E-state index in [1.807, 2.05) is 0 Å². The molecule has 0 aliphatic carbocycles. The summed E-state index contributed by atoms with van der Waals surface area (Å²) in [4.78, 5) is 23.5. The van der Waals surface area contributed by atoms with Crippen LogP contribution >= 0.6 is 27.5 Å². The van der Waals surface area contributed by atoms with Gasteiger partial charge >= 0.3 is 5.97 Å². The van der Waals surface area contributed by atoms with E-state index >= 15 is 0 Å². The molecule has 0 heterocycles. The van der Waals surface area contributed by atoms with Crippen LogP contribution in [0.25, 0.3) is 0 Å². The number of aryl methyl sites for hydroxylation is 1. The molecule has 0 spiro atoms. The summed E-state index contributed by atoms with van der Waals surface area (Å²) in [5.41, 5.74) is 1.29. The van der Waals surface area contributed by atoms with Crippen molar-refractivity contribution in [2.45, 2.75) is 6.92 Å². The Labute approximate surface area is 134 Å². The number of carbonyl (C=O) groups is 2. The fraction of sp³-hybridized carbons (Fsp3) is 0.0667. The van der Waals surface area contributed by atoms with Gasteiger partial charge in [-0.3, -0.25) is 4.79 Å². The molecule has 1 amide bonds. The van der Waals surface area contributed by atoms with Crippen molar-refractivity contribution >= 4 is 45.1 Å². The maximum Gasteiger partial charge on any atom is 0.338 e. The highest BCUT2D eigenvalue weighted by molar-refractivity contribution is 9.10. The van der Waals surface area contributed by atoms with Crippen molar-refractivity contribution in [3.8, 4) is 0 Å². The van der Waals surface area contributed by atoms with Gasteiger partial charge in [-0.1, -0.05) is 23.7 Å². The van der Waals surface area contributed by atoms with Crippen LogP contribution in [0.5, 0.6) is 0 Å². The van der Waals surface area contributed by atoms with Crippen LogP contribution in [0.2, 0.25) is 5.02 Å². The SMILES string of the molecule is Cc1cccc(NC(=O)c2ccc(Cl)cc2Br)c1C(=O)O. The Hall–Kier alpha value is -1.85. The molecule has 2 aromatic rings. The van der Waals surface area contributed by atoms with Crippen molar-refractivity contribution in [3.63, 3.8) is 0 Å². The first-order valence-corrected chi connectivity index (χ1v) is 7.16.